The molecule has 0 amide bonds. The highest BCUT2D eigenvalue weighted by Crippen LogP contribution is 2.39. The van der Waals surface area contributed by atoms with Gasteiger partial charge in [0, 0.05) is 5.02 Å². The molecule has 0 spiro atoms. The van der Waals surface area contributed by atoms with Gasteiger partial charge in [-0.25, -0.2) is 19.2 Å². The fraction of sp³-hybridized carbons (Fsp3) is 0.143. The third-order valence-electron chi connectivity index (χ3n) is 6.87. The molecule has 45 heavy (non-hydrogen) atoms. The first kappa shape index (κ1) is 31.0. The number of carbonyl (C=O) groups excluding carboxylic acids is 4. The topological polar surface area (TPSA) is 114 Å². The zero-order valence-electron chi connectivity index (χ0n) is 23.5. The normalized spacial score (nSPS) is 20.3. The highest BCUT2D eigenvalue weighted by molar-refractivity contribution is 6.30. The smallest absolute Gasteiger partial charge is 0.340 e. The Kier molecular flexibility index (Phi) is 9.58. The number of esters is 4. The van der Waals surface area contributed by atoms with E-state index < -0.39 is 54.6 Å². The first-order chi connectivity index (χ1) is 21.8. The molecule has 0 aliphatic carbocycles. The molecule has 9 nitrogen and oxygen atoms in total. The van der Waals surface area contributed by atoms with E-state index in [0.29, 0.717) is 5.02 Å². The van der Waals surface area contributed by atoms with Crippen LogP contribution in [0.5, 0.6) is 0 Å². The molecule has 1 saturated heterocycles. The van der Waals surface area contributed by atoms with Crippen LogP contribution in [0.15, 0.2) is 115 Å². The molecule has 1 aliphatic heterocycles. The van der Waals surface area contributed by atoms with Crippen LogP contribution >= 0.6 is 11.6 Å². The first-order valence-corrected chi connectivity index (χ1v) is 14.0. The molecule has 4 aromatic rings. The minimum Gasteiger partial charge on any atom is -0.459 e. The third kappa shape index (κ3) is 7.04. The summed E-state index contributed by atoms with van der Waals surface area (Å²) in [5.74, 6) is -0.944. The lowest BCUT2D eigenvalue weighted by Gasteiger charge is -2.32. The molecular weight excluding hydrogens is 600 g/mol. The van der Waals surface area contributed by atoms with Crippen LogP contribution in [0.3, 0.4) is 0 Å². The summed E-state index contributed by atoms with van der Waals surface area (Å²) in [5.41, 5.74) is -1.62. The number of ether oxygens (including phenoxy) is 5. The molecule has 0 radical (unpaired) electrons. The third-order valence-corrected chi connectivity index (χ3v) is 7.12. The van der Waals surface area contributed by atoms with Crippen LogP contribution in [-0.2, 0) is 23.7 Å². The first-order valence-electron chi connectivity index (χ1n) is 13.7. The Morgan fingerprint density at radius 2 is 1.13 bits per heavy atom. The van der Waals surface area contributed by atoms with E-state index >= 15 is 0 Å². The minimum absolute atomic E-state index is 0.127. The molecule has 10 heteroatoms. The average Bonchev–Trinajstić information content (AvgIpc) is 3.35. The molecule has 0 N–H and O–H groups in total. The number of hydrogen-bond donors (Lipinski definition) is 0. The zero-order chi connectivity index (χ0) is 31.8. The SMILES string of the molecule is C#C[C@@]1(OC(=O)c2ccccc2)[C@@H](COC(=O)c2ccc(Cl)cc2)OC(OC(=O)c2ccccc2)[C@@H]1OC(=O)c1ccccc1. The van der Waals surface area contributed by atoms with Gasteiger partial charge in [-0.1, -0.05) is 72.1 Å². The second-order valence-electron chi connectivity index (χ2n) is 9.75. The summed E-state index contributed by atoms with van der Waals surface area (Å²) in [6.45, 7) is -0.577. The molecule has 0 aromatic heterocycles. The van der Waals surface area contributed by atoms with Crippen molar-refractivity contribution in [3.63, 3.8) is 0 Å². The van der Waals surface area contributed by atoms with Crippen molar-refractivity contribution in [1.82, 2.24) is 0 Å². The molecule has 0 saturated carbocycles. The summed E-state index contributed by atoms with van der Waals surface area (Å²) in [6.07, 6.45) is 1.22. The number of rotatable bonds is 9. The van der Waals surface area contributed by atoms with Crippen molar-refractivity contribution in [3.8, 4) is 12.3 Å². The van der Waals surface area contributed by atoms with Crippen LogP contribution < -0.4 is 0 Å². The van der Waals surface area contributed by atoms with Crippen molar-refractivity contribution < 1.29 is 42.9 Å². The molecule has 226 valence electrons. The largest absolute Gasteiger partial charge is 0.459 e. The molecule has 1 fully saturated rings. The van der Waals surface area contributed by atoms with Gasteiger partial charge >= 0.3 is 23.9 Å². The lowest BCUT2D eigenvalue weighted by atomic mass is 9.92. The van der Waals surface area contributed by atoms with E-state index in [9.17, 15) is 19.2 Å². The van der Waals surface area contributed by atoms with E-state index in [-0.39, 0.29) is 22.3 Å². The van der Waals surface area contributed by atoms with Gasteiger partial charge in [0.2, 0.25) is 18.0 Å². The summed E-state index contributed by atoms with van der Waals surface area (Å²) in [7, 11) is 0. The number of halogens is 1. The maximum absolute atomic E-state index is 13.4. The van der Waals surface area contributed by atoms with Gasteiger partial charge in [0.1, 0.15) is 6.61 Å². The van der Waals surface area contributed by atoms with E-state index in [1.165, 1.54) is 60.7 Å². The van der Waals surface area contributed by atoms with Crippen LogP contribution in [0.4, 0.5) is 0 Å². The number of carbonyl (C=O) groups is 4. The Bertz CT molecular complexity index is 1700. The molecule has 1 aliphatic rings. The van der Waals surface area contributed by atoms with Crippen molar-refractivity contribution in [2.45, 2.75) is 24.1 Å². The van der Waals surface area contributed by atoms with Gasteiger partial charge in [-0.05, 0) is 60.7 Å². The second-order valence-corrected chi connectivity index (χ2v) is 10.2. The summed E-state index contributed by atoms with van der Waals surface area (Å²) < 4.78 is 28.9. The molecule has 1 unspecified atom stereocenters. The number of terminal acetylenes is 1. The van der Waals surface area contributed by atoms with Crippen molar-refractivity contribution in [3.05, 3.63) is 143 Å². The van der Waals surface area contributed by atoms with Crippen molar-refractivity contribution in [2.75, 3.05) is 6.61 Å². The lowest BCUT2D eigenvalue weighted by molar-refractivity contribution is -0.141. The molecule has 1 heterocycles. The van der Waals surface area contributed by atoms with Crippen LogP contribution in [-0.4, -0.2) is 54.6 Å². The second kappa shape index (κ2) is 13.9. The average molecular weight is 625 g/mol. The Hall–Kier alpha value is -5.43. The van der Waals surface area contributed by atoms with Crippen LogP contribution in [0.2, 0.25) is 5.02 Å². The molecular formula is C35H25ClO9. The predicted octanol–water partition coefficient (Wildman–Crippen LogP) is 5.53. The van der Waals surface area contributed by atoms with E-state index in [0.717, 1.165) is 0 Å². The van der Waals surface area contributed by atoms with Gasteiger partial charge in [-0.15, -0.1) is 6.42 Å². The van der Waals surface area contributed by atoms with E-state index in [2.05, 4.69) is 5.92 Å². The fourth-order valence-electron chi connectivity index (χ4n) is 4.56. The molecule has 4 aromatic carbocycles. The van der Waals surface area contributed by atoms with Crippen LogP contribution in [0, 0.1) is 12.3 Å². The Morgan fingerprint density at radius 3 is 1.64 bits per heavy atom. The van der Waals surface area contributed by atoms with Crippen LogP contribution in [0.1, 0.15) is 41.4 Å². The summed E-state index contributed by atoms with van der Waals surface area (Å²) in [5, 5.41) is 0.413. The van der Waals surface area contributed by atoms with Gasteiger partial charge in [0.15, 0.2) is 6.10 Å². The van der Waals surface area contributed by atoms with Gasteiger partial charge in [0.25, 0.3) is 0 Å². The fourth-order valence-corrected chi connectivity index (χ4v) is 4.68. The molecule has 0 bridgehead atoms. The quantitative estimate of drug-likeness (QED) is 0.135. The predicted molar refractivity (Wildman–Crippen MR) is 161 cm³/mol. The standard InChI is InChI=1S/C35H25ClO9/c1-2-35(45-33(40)25-16-10-5-11-17-25)28(22-41-30(37)26-18-20-27(36)21-19-26)42-34(44-32(39)24-14-8-4-9-15-24)29(35)43-31(38)23-12-6-3-7-13-23/h1,3-21,28-29,34H,22H2/t28-,29+,34?,35-/m1/s1. The summed E-state index contributed by atoms with van der Waals surface area (Å²) in [4.78, 5) is 52.8. The maximum Gasteiger partial charge on any atom is 0.340 e. The summed E-state index contributed by atoms with van der Waals surface area (Å²) in [6, 6.07) is 29.8. The minimum atomic E-state index is -2.22. The molecule has 5 rings (SSSR count). The van der Waals surface area contributed by atoms with Crippen molar-refractivity contribution >= 4 is 35.5 Å². The maximum atomic E-state index is 13.4. The van der Waals surface area contributed by atoms with E-state index in [1.54, 1.807) is 54.6 Å². The van der Waals surface area contributed by atoms with Gasteiger partial charge in [-0.3, -0.25) is 0 Å². The van der Waals surface area contributed by atoms with E-state index in [4.69, 9.17) is 41.7 Å². The lowest BCUT2D eigenvalue weighted by Crippen LogP contribution is -2.54. The number of benzene rings is 4. The highest BCUT2D eigenvalue weighted by atomic mass is 35.5. The zero-order valence-corrected chi connectivity index (χ0v) is 24.3. The monoisotopic (exact) mass is 624 g/mol. The van der Waals surface area contributed by atoms with Crippen molar-refractivity contribution in [1.29, 1.82) is 0 Å². The molecule has 4 atom stereocenters. The van der Waals surface area contributed by atoms with Gasteiger partial charge in [-0.2, -0.15) is 0 Å². The Morgan fingerprint density at radius 1 is 0.667 bits per heavy atom. The van der Waals surface area contributed by atoms with Crippen LogP contribution in [0.25, 0.3) is 0 Å². The Labute approximate surface area is 263 Å². The Balaban J connectivity index is 1.52. The number of hydrogen-bond acceptors (Lipinski definition) is 9. The highest BCUT2D eigenvalue weighted by Gasteiger charge is 2.63. The van der Waals surface area contributed by atoms with E-state index in [1.807, 2.05) is 0 Å². The van der Waals surface area contributed by atoms with Crippen molar-refractivity contribution in [2.24, 2.45) is 0 Å². The van der Waals surface area contributed by atoms with Gasteiger partial charge in [0.05, 0.1) is 22.3 Å². The van der Waals surface area contributed by atoms with Gasteiger partial charge < -0.3 is 23.7 Å². The summed E-state index contributed by atoms with van der Waals surface area (Å²) >= 11 is 5.93.